The molecule has 1 N–H and O–H groups in total. The number of hydrogen-bond acceptors (Lipinski definition) is 6. The molecule has 1 saturated heterocycles. The van der Waals surface area contributed by atoms with Gasteiger partial charge in [0.2, 0.25) is 0 Å². The third-order valence-corrected chi connectivity index (χ3v) is 6.61. The number of para-hydroxylation sites is 1. The molecular formula is C25H21F3N4O2S. The minimum atomic E-state index is -4.45. The number of hydrogen-bond donors (Lipinski definition) is 1. The van der Waals surface area contributed by atoms with E-state index in [1.807, 2.05) is 0 Å². The number of alkyl halides is 3. The number of carbonyl (C=O) groups excluding carboxylic acids is 1. The SMILES string of the molecule is O=C(Nc1ncc(CN2CCOCC2)s1)c1ccc2cccc(-c3cccc(C(F)(F)F)c3)c2n1. The number of nitrogens with zero attached hydrogens (tertiary/aromatic N) is 3. The first kappa shape index (κ1) is 23.4. The van der Waals surface area contributed by atoms with E-state index in [-0.39, 0.29) is 5.69 Å². The van der Waals surface area contributed by atoms with E-state index in [2.05, 4.69) is 20.2 Å². The van der Waals surface area contributed by atoms with Crippen LogP contribution >= 0.6 is 11.3 Å². The van der Waals surface area contributed by atoms with Gasteiger partial charge in [0.25, 0.3) is 5.91 Å². The van der Waals surface area contributed by atoms with Crippen molar-refractivity contribution in [2.24, 2.45) is 0 Å². The zero-order valence-corrected chi connectivity index (χ0v) is 19.3. The normalized spacial score (nSPS) is 14.8. The Morgan fingerprint density at radius 3 is 2.69 bits per heavy atom. The van der Waals surface area contributed by atoms with Gasteiger partial charge in [0.05, 0.1) is 24.3 Å². The van der Waals surface area contributed by atoms with Crippen LogP contribution in [0.25, 0.3) is 22.0 Å². The first-order valence-electron chi connectivity index (χ1n) is 11.0. The molecule has 0 unspecified atom stereocenters. The number of benzene rings is 2. The lowest BCUT2D eigenvalue weighted by Gasteiger charge is -2.25. The van der Waals surface area contributed by atoms with Gasteiger partial charge in [-0.1, -0.05) is 36.4 Å². The number of aromatic nitrogens is 2. The van der Waals surface area contributed by atoms with Gasteiger partial charge in [0.15, 0.2) is 5.13 Å². The van der Waals surface area contributed by atoms with Gasteiger partial charge in [-0.2, -0.15) is 13.2 Å². The Balaban J connectivity index is 1.38. The molecule has 6 nitrogen and oxygen atoms in total. The highest BCUT2D eigenvalue weighted by Gasteiger charge is 2.30. The number of morpholine rings is 1. The van der Waals surface area contributed by atoms with Crippen LogP contribution in [-0.2, 0) is 17.5 Å². The fourth-order valence-corrected chi connectivity index (χ4v) is 4.80. The van der Waals surface area contributed by atoms with Crippen molar-refractivity contribution in [3.63, 3.8) is 0 Å². The molecule has 180 valence electrons. The first-order chi connectivity index (χ1) is 16.9. The number of ether oxygens (including phenoxy) is 1. The molecule has 1 fully saturated rings. The number of rotatable bonds is 5. The van der Waals surface area contributed by atoms with Crippen LogP contribution in [-0.4, -0.2) is 47.1 Å². The molecule has 4 aromatic rings. The number of amides is 1. The van der Waals surface area contributed by atoms with E-state index in [0.29, 0.717) is 35.0 Å². The maximum absolute atomic E-state index is 13.2. The summed E-state index contributed by atoms with van der Waals surface area (Å²) in [5.74, 6) is -0.432. The Hall–Kier alpha value is -3.34. The van der Waals surface area contributed by atoms with Gasteiger partial charge in [-0.05, 0) is 23.8 Å². The largest absolute Gasteiger partial charge is 0.416 e. The second kappa shape index (κ2) is 9.73. The average Bonchev–Trinajstić information content (AvgIpc) is 3.30. The highest BCUT2D eigenvalue weighted by atomic mass is 32.1. The number of thiazole rings is 1. The Labute approximate surface area is 203 Å². The molecule has 1 amide bonds. The lowest BCUT2D eigenvalue weighted by Crippen LogP contribution is -2.35. The van der Waals surface area contributed by atoms with E-state index in [4.69, 9.17) is 4.74 Å². The van der Waals surface area contributed by atoms with E-state index < -0.39 is 17.6 Å². The molecule has 2 aromatic carbocycles. The maximum atomic E-state index is 13.2. The Morgan fingerprint density at radius 1 is 1.09 bits per heavy atom. The summed E-state index contributed by atoms with van der Waals surface area (Å²) in [4.78, 5) is 25.0. The van der Waals surface area contributed by atoms with Gasteiger partial charge in [0, 0.05) is 41.7 Å². The van der Waals surface area contributed by atoms with E-state index in [1.165, 1.54) is 17.4 Å². The van der Waals surface area contributed by atoms with Crippen molar-refractivity contribution in [3.05, 3.63) is 76.9 Å². The molecule has 35 heavy (non-hydrogen) atoms. The summed E-state index contributed by atoms with van der Waals surface area (Å²) in [7, 11) is 0. The lowest BCUT2D eigenvalue weighted by molar-refractivity contribution is -0.137. The molecule has 3 heterocycles. The zero-order chi connectivity index (χ0) is 24.4. The third-order valence-electron chi connectivity index (χ3n) is 5.71. The molecule has 0 aliphatic carbocycles. The van der Waals surface area contributed by atoms with Crippen LogP contribution in [0, 0.1) is 0 Å². The van der Waals surface area contributed by atoms with Gasteiger partial charge in [-0.15, -0.1) is 11.3 Å². The van der Waals surface area contributed by atoms with Crippen molar-refractivity contribution >= 4 is 33.3 Å². The summed E-state index contributed by atoms with van der Waals surface area (Å²) in [5, 5.41) is 3.97. The summed E-state index contributed by atoms with van der Waals surface area (Å²) in [6, 6.07) is 13.7. The van der Waals surface area contributed by atoms with Crippen LogP contribution < -0.4 is 5.32 Å². The van der Waals surface area contributed by atoms with E-state index in [0.717, 1.165) is 42.0 Å². The summed E-state index contributed by atoms with van der Waals surface area (Å²) < 4.78 is 45.0. The maximum Gasteiger partial charge on any atom is 0.416 e. The van der Waals surface area contributed by atoms with E-state index in [9.17, 15) is 18.0 Å². The van der Waals surface area contributed by atoms with Gasteiger partial charge in [-0.3, -0.25) is 15.0 Å². The van der Waals surface area contributed by atoms with Crippen LogP contribution in [0.2, 0.25) is 0 Å². The minimum Gasteiger partial charge on any atom is -0.379 e. The smallest absolute Gasteiger partial charge is 0.379 e. The van der Waals surface area contributed by atoms with Gasteiger partial charge in [0.1, 0.15) is 5.69 Å². The quantitative estimate of drug-likeness (QED) is 0.396. The first-order valence-corrected chi connectivity index (χ1v) is 11.8. The predicted octanol–water partition coefficient (Wildman–Crippen LogP) is 5.46. The molecule has 0 spiro atoms. The van der Waals surface area contributed by atoms with Gasteiger partial charge < -0.3 is 4.74 Å². The second-order valence-corrected chi connectivity index (χ2v) is 9.24. The van der Waals surface area contributed by atoms with Crippen molar-refractivity contribution < 1.29 is 22.7 Å². The predicted molar refractivity (Wildman–Crippen MR) is 128 cm³/mol. The van der Waals surface area contributed by atoms with E-state index >= 15 is 0 Å². The highest BCUT2D eigenvalue weighted by Crippen LogP contribution is 2.34. The van der Waals surface area contributed by atoms with Crippen LogP contribution in [0.3, 0.4) is 0 Å². The molecule has 1 aliphatic heterocycles. The van der Waals surface area contributed by atoms with Crippen LogP contribution in [0.15, 0.2) is 60.8 Å². The summed E-state index contributed by atoms with van der Waals surface area (Å²) in [5.41, 5.74) is 0.763. The van der Waals surface area contributed by atoms with Crippen LogP contribution in [0.5, 0.6) is 0 Å². The molecule has 0 saturated carbocycles. The second-order valence-electron chi connectivity index (χ2n) is 8.13. The Morgan fingerprint density at radius 2 is 1.89 bits per heavy atom. The third kappa shape index (κ3) is 5.34. The Kier molecular flexibility index (Phi) is 6.50. The fraction of sp³-hybridized carbons (Fsp3) is 0.240. The van der Waals surface area contributed by atoms with Gasteiger partial charge in [-0.25, -0.2) is 9.97 Å². The standard InChI is InChI=1S/C25H21F3N4O2S/c26-25(27,28)18-5-1-4-17(13-18)20-6-2-3-16-7-8-21(30-22(16)20)23(33)31-24-29-14-19(35-24)15-32-9-11-34-12-10-32/h1-8,13-14H,9-12,15H2,(H,29,31,33). The minimum absolute atomic E-state index is 0.154. The molecule has 0 atom stereocenters. The molecule has 10 heteroatoms. The lowest BCUT2D eigenvalue weighted by atomic mass is 9.99. The number of carbonyl (C=O) groups is 1. The van der Waals surface area contributed by atoms with Crippen molar-refractivity contribution in [1.29, 1.82) is 0 Å². The number of fused-ring (bicyclic) bond motifs is 1. The number of nitrogens with one attached hydrogen (secondary N) is 1. The monoisotopic (exact) mass is 498 g/mol. The Bertz CT molecular complexity index is 1370. The summed E-state index contributed by atoms with van der Waals surface area (Å²) >= 11 is 1.40. The van der Waals surface area contributed by atoms with Crippen LogP contribution in [0.4, 0.5) is 18.3 Å². The van der Waals surface area contributed by atoms with Gasteiger partial charge >= 0.3 is 6.18 Å². The van der Waals surface area contributed by atoms with Crippen LogP contribution in [0.1, 0.15) is 20.9 Å². The molecule has 5 rings (SSSR count). The molecule has 0 radical (unpaired) electrons. The molecule has 2 aromatic heterocycles. The number of pyridine rings is 1. The van der Waals surface area contributed by atoms with Crippen molar-refractivity contribution in [3.8, 4) is 11.1 Å². The topological polar surface area (TPSA) is 67.4 Å². The highest BCUT2D eigenvalue weighted by molar-refractivity contribution is 7.15. The van der Waals surface area contributed by atoms with E-state index in [1.54, 1.807) is 42.6 Å². The van der Waals surface area contributed by atoms with Crippen molar-refractivity contribution in [1.82, 2.24) is 14.9 Å². The molecular weight excluding hydrogens is 477 g/mol. The number of anilines is 1. The van der Waals surface area contributed by atoms with Crippen molar-refractivity contribution in [2.75, 3.05) is 31.6 Å². The summed E-state index contributed by atoms with van der Waals surface area (Å²) in [6.45, 7) is 3.87. The summed E-state index contributed by atoms with van der Waals surface area (Å²) in [6.07, 6.45) is -2.71. The molecule has 1 aliphatic rings. The average molecular weight is 499 g/mol. The molecule has 0 bridgehead atoms. The zero-order valence-electron chi connectivity index (χ0n) is 18.5. The van der Waals surface area contributed by atoms with Crippen molar-refractivity contribution in [2.45, 2.75) is 12.7 Å². The fourth-order valence-electron chi connectivity index (χ4n) is 3.95. The number of halogens is 3.